The molecule has 0 aliphatic rings. The second kappa shape index (κ2) is 9.13. The minimum absolute atomic E-state index is 0.104. The quantitative estimate of drug-likeness (QED) is 0.216. The van der Waals surface area contributed by atoms with Gasteiger partial charge in [0.25, 0.3) is 5.56 Å². The van der Waals surface area contributed by atoms with Crippen LogP contribution in [0.5, 0.6) is 0 Å². The fraction of sp³-hybridized carbons (Fsp3) is 0.136. The van der Waals surface area contributed by atoms with Crippen molar-refractivity contribution >= 4 is 56.5 Å². The smallest absolute Gasteiger partial charge is 0.263 e. The number of halogens is 1. The lowest BCUT2D eigenvalue weighted by Crippen LogP contribution is -2.23. The number of hydrogen-bond acceptors (Lipinski definition) is 6. The van der Waals surface area contributed by atoms with Crippen molar-refractivity contribution in [2.45, 2.75) is 18.6 Å². The lowest BCUT2D eigenvalue weighted by atomic mass is 10.2. The minimum Gasteiger partial charge on any atom is -0.461 e. The summed E-state index contributed by atoms with van der Waals surface area (Å²) in [4.78, 5) is 30.9. The molecule has 0 saturated heterocycles. The molecule has 0 unspecified atom stereocenters. The largest absolute Gasteiger partial charge is 0.461 e. The Morgan fingerprint density at radius 1 is 1.32 bits per heavy atom. The number of amides is 1. The molecule has 4 rings (SSSR count). The van der Waals surface area contributed by atoms with Gasteiger partial charge in [0.2, 0.25) is 5.91 Å². The van der Waals surface area contributed by atoms with E-state index in [4.69, 9.17) is 16.0 Å². The summed E-state index contributed by atoms with van der Waals surface area (Å²) in [6.07, 6.45) is 1.63. The van der Waals surface area contributed by atoms with Gasteiger partial charge in [-0.2, -0.15) is 0 Å². The first-order valence-electron chi connectivity index (χ1n) is 9.34. The first-order chi connectivity index (χ1) is 15.0. The molecule has 0 spiro atoms. The molecule has 0 aliphatic carbocycles. The first-order valence-corrected chi connectivity index (χ1v) is 11.6. The van der Waals surface area contributed by atoms with Gasteiger partial charge in [-0.3, -0.25) is 14.2 Å². The first kappa shape index (κ1) is 21.4. The molecule has 1 amide bonds. The number of nitrogens with one attached hydrogen (secondary N) is 1. The fourth-order valence-corrected chi connectivity index (χ4v) is 4.93. The summed E-state index contributed by atoms with van der Waals surface area (Å²) < 4.78 is 7.24. The van der Waals surface area contributed by atoms with Crippen molar-refractivity contribution in [1.82, 2.24) is 9.55 Å². The SMILES string of the molecule is C=CCn1c(SCC(=O)Nc2ccc(Cl)cc2)nc2scc(-c3ccc(C)o3)c2c1=O. The number of nitrogens with zero attached hydrogens (tertiary/aromatic N) is 2. The van der Waals surface area contributed by atoms with Gasteiger partial charge < -0.3 is 9.73 Å². The highest BCUT2D eigenvalue weighted by Gasteiger charge is 2.19. The minimum atomic E-state index is -0.204. The highest BCUT2D eigenvalue weighted by molar-refractivity contribution is 7.99. The topological polar surface area (TPSA) is 77.1 Å². The summed E-state index contributed by atoms with van der Waals surface area (Å²) >= 11 is 8.45. The van der Waals surface area contributed by atoms with Gasteiger partial charge in [-0.05, 0) is 43.3 Å². The zero-order chi connectivity index (χ0) is 22.0. The summed E-state index contributed by atoms with van der Waals surface area (Å²) in [6.45, 7) is 5.89. The third-order valence-electron chi connectivity index (χ3n) is 4.44. The molecule has 0 radical (unpaired) electrons. The summed E-state index contributed by atoms with van der Waals surface area (Å²) in [5.74, 6) is 1.31. The molecule has 0 bridgehead atoms. The Morgan fingerprint density at radius 3 is 2.77 bits per heavy atom. The highest BCUT2D eigenvalue weighted by atomic mass is 35.5. The van der Waals surface area contributed by atoms with Crippen LogP contribution in [0.2, 0.25) is 5.02 Å². The van der Waals surface area contributed by atoms with E-state index in [1.165, 1.54) is 27.7 Å². The Kier molecular flexibility index (Phi) is 6.31. The van der Waals surface area contributed by atoms with E-state index in [2.05, 4.69) is 16.9 Å². The number of anilines is 1. The average Bonchev–Trinajstić information content (AvgIpc) is 3.36. The predicted molar refractivity (Wildman–Crippen MR) is 127 cm³/mol. The van der Waals surface area contributed by atoms with Crippen molar-refractivity contribution in [2.75, 3.05) is 11.1 Å². The van der Waals surface area contributed by atoms with Gasteiger partial charge >= 0.3 is 0 Å². The summed E-state index contributed by atoms with van der Waals surface area (Å²) in [5.41, 5.74) is 1.19. The summed E-state index contributed by atoms with van der Waals surface area (Å²) in [5, 5.41) is 6.25. The molecule has 0 atom stereocenters. The number of benzene rings is 1. The van der Waals surface area contributed by atoms with Gasteiger partial charge in [0, 0.05) is 28.2 Å². The van der Waals surface area contributed by atoms with Crippen LogP contribution in [0, 0.1) is 6.92 Å². The number of aryl methyl sites for hydroxylation is 1. The maximum Gasteiger partial charge on any atom is 0.263 e. The number of carbonyl (C=O) groups excluding carboxylic acids is 1. The number of aromatic nitrogens is 2. The Labute approximate surface area is 191 Å². The fourth-order valence-electron chi connectivity index (χ4n) is 3.03. The monoisotopic (exact) mass is 471 g/mol. The van der Waals surface area contributed by atoms with Gasteiger partial charge in [0.15, 0.2) is 5.16 Å². The van der Waals surface area contributed by atoms with Gasteiger partial charge in [-0.1, -0.05) is 29.4 Å². The molecule has 0 saturated carbocycles. The number of thioether (sulfide) groups is 1. The van der Waals surface area contributed by atoms with Crippen LogP contribution in [-0.4, -0.2) is 21.2 Å². The average molecular weight is 472 g/mol. The van der Waals surface area contributed by atoms with Gasteiger partial charge in [0.1, 0.15) is 16.4 Å². The Hall–Kier alpha value is -2.81. The van der Waals surface area contributed by atoms with Crippen LogP contribution in [0.3, 0.4) is 0 Å². The van der Waals surface area contributed by atoms with Crippen LogP contribution in [0.4, 0.5) is 5.69 Å². The molecule has 0 fully saturated rings. The van der Waals surface area contributed by atoms with Crippen molar-refractivity contribution in [1.29, 1.82) is 0 Å². The molecule has 0 aliphatic heterocycles. The maximum absolute atomic E-state index is 13.3. The standard InChI is InChI=1S/C22H18ClN3O3S2/c1-3-10-26-21(28)19-16(17-9-4-13(2)29-17)11-30-20(19)25-22(26)31-12-18(27)24-15-7-5-14(23)6-8-15/h3-9,11H,1,10,12H2,2H3,(H,24,27). The second-order valence-corrected chi connectivity index (χ2v) is 8.92. The van der Waals surface area contributed by atoms with Crippen LogP contribution in [0.25, 0.3) is 21.5 Å². The normalized spacial score (nSPS) is 11.0. The number of thiophene rings is 1. The molecule has 4 aromatic rings. The predicted octanol–water partition coefficient (Wildman–Crippen LogP) is 5.60. The molecule has 9 heteroatoms. The van der Waals surface area contributed by atoms with Crippen LogP contribution in [0.15, 0.2) is 68.8 Å². The van der Waals surface area contributed by atoms with E-state index in [1.54, 1.807) is 30.3 Å². The maximum atomic E-state index is 13.3. The van der Waals surface area contributed by atoms with Crippen molar-refractivity contribution in [3.63, 3.8) is 0 Å². The van der Waals surface area contributed by atoms with Crippen molar-refractivity contribution < 1.29 is 9.21 Å². The highest BCUT2D eigenvalue weighted by Crippen LogP contribution is 2.33. The van der Waals surface area contributed by atoms with Gasteiger partial charge in [0.05, 0.1) is 11.1 Å². The second-order valence-electron chi connectivity index (χ2n) is 6.68. The third kappa shape index (κ3) is 4.61. The van der Waals surface area contributed by atoms with E-state index in [1.807, 2.05) is 24.4 Å². The third-order valence-corrected chi connectivity index (χ3v) is 6.54. The molecule has 158 valence electrons. The van der Waals surface area contributed by atoms with E-state index in [9.17, 15) is 9.59 Å². The lowest BCUT2D eigenvalue weighted by Gasteiger charge is -2.11. The Morgan fingerprint density at radius 2 is 2.10 bits per heavy atom. The van der Waals surface area contributed by atoms with E-state index >= 15 is 0 Å². The molecule has 6 nitrogen and oxygen atoms in total. The Balaban J connectivity index is 1.62. The molecule has 31 heavy (non-hydrogen) atoms. The van der Waals surface area contributed by atoms with Crippen molar-refractivity contribution in [3.8, 4) is 11.3 Å². The number of rotatable bonds is 7. The van der Waals surface area contributed by atoms with Crippen LogP contribution in [-0.2, 0) is 11.3 Å². The molecule has 3 aromatic heterocycles. The zero-order valence-corrected chi connectivity index (χ0v) is 18.9. The number of hydrogen-bond donors (Lipinski definition) is 1. The van der Waals surface area contributed by atoms with Crippen LogP contribution in [0.1, 0.15) is 5.76 Å². The van der Waals surface area contributed by atoms with E-state index in [0.717, 1.165) is 11.3 Å². The molecular formula is C22H18ClN3O3S2. The van der Waals surface area contributed by atoms with Crippen molar-refractivity contribution in [3.05, 3.63) is 75.6 Å². The van der Waals surface area contributed by atoms with E-state index in [0.29, 0.717) is 31.8 Å². The van der Waals surface area contributed by atoms with Crippen molar-refractivity contribution in [2.24, 2.45) is 0 Å². The number of furan rings is 1. The number of carbonyl (C=O) groups is 1. The zero-order valence-electron chi connectivity index (χ0n) is 16.6. The molecule has 1 N–H and O–H groups in total. The number of fused-ring (bicyclic) bond motifs is 1. The summed E-state index contributed by atoms with van der Waals surface area (Å²) in [6, 6.07) is 10.6. The Bertz CT molecular complexity index is 1320. The summed E-state index contributed by atoms with van der Waals surface area (Å²) in [7, 11) is 0. The van der Waals surface area contributed by atoms with E-state index in [-0.39, 0.29) is 23.8 Å². The molecule has 1 aromatic carbocycles. The van der Waals surface area contributed by atoms with Crippen LogP contribution < -0.4 is 10.9 Å². The lowest BCUT2D eigenvalue weighted by molar-refractivity contribution is -0.113. The van der Waals surface area contributed by atoms with Gasteiger partial charge in [-0.15, -0.1) is 17.9 Å². The van der Waals surface area contributed by atoms with E-state index < -0.39 is 0 Å². The van der Waals surface area contributed by atoms with Crippen LogP contribution >= 0.6 is 34.7 Å². The van der Waals surface area contributed by atoms with Gasteiger partial charge in [-0.25, -0.2) is 4.98 Å². The molecule has 3 heterocycles. The molecular weight excluding hydrogens is 454 g/mol. The number of allylic oxidation sites excluding steroid dienone is 1.